The summed E-state index contributed by atoms with van der Waals surface area (Å²) in [7, 11) is 2.11. The molecule has 3 rings (SSSR count). The maximum atomic E-state index is 12.8. The molecule has 0 aromatic carbocycles. The summed E-state index contributed by atoms with van der Waals surface area (Å²) in [5.74, 6) is 1.48. The molecule has 0 N–H and O–H groups in total. The number of hydrogen-bond acceptors (Lipinski definition) is 8. The Kier molecular flexibility index (Phi) is 13.2. The average Bonchev–Trinajstić information content (AvgIpc) is 3.55. The molecular weight excluding hydrogens is 510 g/mol. The lowest BCUT2D eigenvalue weighted by Gasteiger charge is -2.20. The van der Waals surface area contributed by atoms with E-state index >= 15 is 0 Å². The van der Waals surface area contributed by atoms with Gasteiger partial charge < -0.3 is 28.6 Å². The summed E-state index contributed by atoms with van der Waals surface area (Å²) in [6, 6.07) is 0. The number of carbonyl (C=O) groups is 2. The zero-order valence-electron chi connectivity index (χ0n) is 24.6. The van der Waals surface area contributed by atoms with Gasteiger partial charge in [-0.2, -0.15) is 0 Å². The quantitative estimate of drug-likeness (QED) is 0.0938. The number of ether oxygens (including phenoxy) is 5. The van der Waals surface area contributed by atoms with Crippen LogP contribution in [0.5, 0.6) is 0 Å². The Balaban J connectivity index is 1.43. The highest BCUT2D eigenvalue weighted by Crippen LogP contribution is 2.30. The monoisotopic (exact) mass is 557 g/mol. The van der Waals surface area contributed by atoms with Crippen molar-refractivity contribution in [1.82, 2.24) is 4.90 Å². The van der Waals surface area contributed by atoms with Gasteiger partial charge in [-0.3, -0.25) is 4.79 Å². The molecule has 0 bridgehead atoms. The normalized spacial score (nSPS) is 22.4. The van der Waals surface area contributed by atoms with Crippen LogP contribution in [0.2, 0.25) is 0 Å². The van der Waals surface area contributed by atoms with Crippen LogP contribution in [0.4, 0.5) is 0 Å². The fourth-order valence-corrected chi connectivity index (χ4v) is 4.96. The maximum absolute atomic E-state index is 12.8. The van der Waals surface area contributed by atoms with Gasteiger partial charge >= 0.3 is 5.97 Å². The summed E-state index contributed by atoms with van der Waals surface area (Å²) in [4.78, 5) is 27.8. The first-order chi connectivity index (χ1) is 19.3. The lowest BCUT2D eigenvalue weighted by Crippen LogP contribution is -2.32. The van der Waals surface area contributed by atoms with E-state index in [-0.39, 0.29) is 30.1 Å². The largest absolute Gasteiger partial charge is 0.498 e. The molecule has 3 atom stereocenters. The van der Waals surface area contributed by atoms with Crippen LogP contribution in [0.25, 0.3) is 0 Å². The third-order valence-electron chi connectivity index (χ3n) is 7.25. The van der Waals surface area contributed by atoms with E-state index in [1.807, 2.05) is 6.92 Å². The van der Waals surface area contributed by atoms with Crippen molar-refractivity contribution in [2.45, 2.75) is 89.9 Å². The molecule has 0 unspecified atom stereocenters. The predicted octanol–water partition coefficient (Wildman–Crippen LogP) is 5.56. The van der Waals surface area contributed by atoms with Gasteiger partial charge in [0.1, 0.15) is 17.6 Å². The van der Waals surface area contributed by atoms with Crippen molar-refractivity contribution in [1.29, 1.82) is 0 Å². The highest BCUT2D eigenvalue weighted by Gasteiger charge is 2.44. The van der Waals surface area contributed by atoms with E-state index < -0.39 is 0 Å². The molecule has 0 aromatic heterocycles. The lowest BCUT2D eigenvalue weighted by atomic mass is 10.0. The molecule has 3 aliphatic rings. The number of hydrogen-bond donors (Lipinski definition) is 0. The molecule has 2 fully saturated rings. The standard InChI is InChI=1S/C32H47NO7/c1-6-9-27(21-28(34)23(3)10-11-24(4)36-19-8-18-33(5)17-7-2)39-26-14-12-25(13-15-26)32(35)40-30-22-38-29-16-20-37-31(29)30/h12,14,21,29-31H,3-4,6-11,13,15-20,22H2,1-2,5H3/b27-21+/t29-,30-,31+/m1/s1. The minimum Gasteiger partial charge on any atom is -0.498 e. The number of carbonyl (C=O) groups excluding carboxylic acids is 2. The number of ketones is 1. The van der Waals surface area contributed by atoms with Gasteiger partial charge in [0.25, 0.3) is 0 Å². The third-order valence-corrected chi connectivity index (χ3v) is 7.25. The van der Waals surface area contributed by atoms with Gasteiger partial charge in [0, 0.05) is 44.1 Å². The Morgan fingerprint density at radius 2 is 1.90 bits per heavy atom. The van der Waals surface area contributed by atoms with E-state index in [2.05, 4.69) is 32.0 Å². The first kappa shape index (κ1) is 31.8. The first-order valence-corrected chi connectivity index (χ1v) is 14.7. The van der Waals surface area contributed by atoms with Crippen LogP contribution in [0.15, 0.2) is 59.8 Å². The topological polar surface area (TPSA) is 83.5 Å². The molecule has 0 saturated carbocycles. The molecule has 2 heterocycles. The summed E-state index contributed by atoms with van der Waals surface area (Å²) in [6.07, 6.45) is 11.0. The van der Waals surface area contributed by atoms with E-state index in [9.17, 15) is 9.59 Å². The fraction of sp³-hybridized carbons (Fsp3) is 0.625. The van der Waals surface area contributed by atoms with Gasteiger partial charge in [-0.1, -0.05) is 27.0 Å². The number of fused-ring (bicyclic) bond motifs is 1. The Morgan fingerprint density at radius 1 is 1.07 bits per heavy atom. The van der Waals surface area contributed by atoms with E-state index in [0.717, 1.165) is 38.8 Å². The van der Waals surface area contributed by atoms with Crippen LogP contribution in [-0.2, 0) is 33.3 Å². The average molecular weight is 558 g/mol. The second kappa shape index (κ2) is 16.6. The fourth-order valence-electron chi connectivity index (χ4n) is 4.96. The minimum atomic E-state index is -0.359. The van der Waals surface area contributed by atoms with Crippen molar-refractivity contribution in [2.24, 2.45) is 0 Å². The van der Waals surface area contributed by atoms with E-state index in [4.69, 9.17) is 23.7 Å². The summed E-state index contributed by atoms with van der Waals surface area (Å²) in [5.41, 5.74) is 1.09. The van der Waals surface area contributed by atoms with Crippen molar-refractivity contribution in [3.05, 3.63) is 59.8 Å². The van der Waals surface area contributed by atoms with Crippen LogP contribution in [0.1, 0.15) is 71.6 Å². The molecule has 2 saturated heterocycles. The van der Waals surface area contributed by atoms with Gasteiger partial charge in [-0.05, 0) is 69.8 Å². The Morgan fingerprint density at radius 3 is 2.62 bits per heavy atom. The molecule has 0 radical (unpaired) electrons. The number of esters is 1. The zero-order valence-corrected chi connectivity index (χ0v) is 24.6. The smallest absolute Gasteiger partial charge is 0.334 e. The van der Waals surface area contributed by atoms with Gasteiger partial charge in [0.15, 0.2) is 11.9 Å². The summed E-state index contributed by atoms with van der Waals surface area (Å²) in [6.45, 7) is 15.9. The maximum Gasteiger partial charge on any atom is 0.334 e. The Hall–Kier alpha value is -2.68. The molecule has 222 valence electrons. The number of nitrogens with zero attached hydrogens (tertiary/aromatic N) is 1. The molecule has 1 aliphatic carbocycles. The van der Waals surface area contributed by atoms with Crippen molar-refractivity contribution in [3.8, 4) is 0 Å². The third kappa shape index (κ3) is 10.1. The van der Waals surface area contributed by atoms with Gasteiger partial charge in [-0.15, -0.1) is 0 Å². The second-order valence-electron chi connectivity index (χ2n) is 10.7. The Bertz CT molecular complexity index is 995. The second-order valence-corrected chi connectivity index (χ2v) is 10.7. The van der Waals surface area contributed by atoms with Crippen LogP contribution >= 0.6 is 0 Å². The molecule has 0 aromatic rings. The molecule has 2 aliphatic heterocycles. The summed E-state index contributed by atoms with van der Waals surface area (Å²) in [5, 5.41) is 0. The van der Waals surface area contributed by atoms with E-state index in [1.165, 1.54) is 6.08 Å². The highest BCUT2D eigenvalue weighted by atomic mass is 16.6. The molecule has 40 heavy (non-hydrogen) atoms. The van der Waals surface area contributed by atoms with Crippen LogP contribution in [0, 0.1) is 0 Å². The van der Waals surface area contributed by atoms with Crippen LogP contribution in [-0.4, -0.2) is 74.9 Å². The first-order valence-electron chi connectivity index (χ1n) is 14.7. The number of allylic oxidation sites excluding steroid dienone is 7. The van der Waals surface area contributed by atoms with Gasteiger partial charge in [-0.25, -0.2) is 4.79 Å². The van der Waals surface area contributed by atoms with E-state index in [1.54, 1.807) is 12.2 Å². The van der Waals surface area contributed by atoms with Crippen molar-refractivity contribution < 1.29 is 33.3 Å². The van der Waals surface area contributed by atoms with Gasteiger partial charge in [0.05, 0.1) is 25.1 Å². The molecule has 0 spiro atoms. The lowest BCUT2D eigenvalue weighted by molar-refractivity contribution is -0.149. The molecular formula is C32H47NO7. The highest BCUT2D eigenvalue weighted by molar-refractivity contribution is 6.03. The minimum absolute atomic E-state index is 0.0281. The molecule has 0 amide bonds. The summed E-state index contributed by atoms with van der Waals surface area (Å²) >= 11 is 0. The van der Waals surface area contributed by atoms with Gasteiger partial charge in [0.2, 0.25) is 0 Å². The van der Waals surface area contributed by atoms with Crippen molar-refractivity contribution >= 4 is 11.8 Å². The molecule has 8 nitrogen and oxygen atoms in total. The SMILES string of the molecule is C=C(CCC(=C)C(=O)/C=C(\CCC)OC1=CC=C(C(=O)O[C@@H]2CO[C@@H]3CCO[C@@H]32)CC1)OCCCN(C)CCC. The number of rotatable bonds is 18. The predicted molar refractivity (Wildman–Crippen MR) is 154 cm³/mol. The van der Waals surface area contributed by atoms with Crippen LogP contribution < -0.4 is 0 Å². The van der Waals surface area contributed by atoms with Crippen LogP contribution in [0.3, 0.4) is 0 Å². The summed E-state index contributed by atoms with van der Waals surface area (Å²) < 4.78 is 28.8. The van der Waals surface area contributed by atoms with E-state index in [0.29, 0.717) is 80.3 Å². The van der Waals surface area contributed by atoms with Crippen molar-refractivity contribution in [2.75, 3.05) is 40.0 Å². The zero-order chi connectivity index (χ0) is 28.9. The Labute approximate surface area is 239 Å². The molecule has 8 heteroatoms. The van der Waals surface area contributed by atoms with Crippen molar-refractivity contribution in [3.63, 3.8) is 0 Å².